The number of carbonyl (C=O) groups is 3. The van der Waals surface area contributed by atoms with Crippen LogP contribution in [0.3, 0.4) is 0 Å². The molecule has 0 saturated heterocycles. The summed E-state index contributed by atoms with van der Waals surface area (Å²) in [5.74, 6) is -2.72. The summed E-state index contributed by atoms with van der Waals surface area (Å²) in [6.07, 6.45) is 0. The molecule has 0 aromatic heterocycles. The van der Waals surface area contributed by atoms with Gasteiger partial charge in [-0.15, -0.1) is 0 Å². The lowest BCUT2D eigenvalue weighted by atomic mass is 10.2. The average molecular weight is 279 g/mol. The maximum absolute atomic E-state index is 11.5. The van der Waals surface area contributed by atoms with Crippen LogP contribution in [-0.2, 0) is 19.2 Å². The molecule has 1 aromatic carbocycles. The van der Waals surface area contributed by atoms with Gasteiger partial charge in [0.2, 0.25) is 5.71 Å². The molecule has 0 spiro atoms. The van der Waals surface area contributed by atoms with Gasteiger partial charge in [-0.05, 0) is 12.1 Å². The third kappa shape index (κ3) is 4.89. The van der Waals surface area contributed by atoms with Crippen molar-refractivity contribution in [3.63, 3.8) is 0 Å². The Morgan fingerprint density at radius 3 is 2.35 bits per heavy atom. The minimum Gasteiger partial charge on any atom is -0.476 e. The summed E-state index contributed by atoms with van der Waals surface area (Å²) in [6.45, 7) is 0.802. The maximum Gasteiger partial charge on any atom is 0.361 e. The first-order chi connectivity index (χ1) is 9.52. The number of hydrogen-bond acceptors (Lipinski definition) is 6. The van der Waals surface area contributed by atoms with E-state index in [1.807, 2.05) is 0 Å². The van der Waals surface area contributed by atoms with Crippen LogP contribution in [0.15, 0.2) is 35.5 Å². The zero-order chi connectivity index (χ0) is 15.0. The van der Waals surface area contributed by atoms with Gasteiger partial charge >= 0.3 is 11.9 Å². The molecular weight excluding hydrogens is 266 g/mol. The lowest BCUT2D eigenvalue weighted by molar-refractivity contribution is -0.130. The first-order valence-electron chi connectivity index (χ1n) is 5.68. The summed E-state index contributed by atoms with van der Waals surface area (Å²) < 4.78 is 4.87. The van der Waals surface area contributed by atoms with Gasteiger partial charge in [0, 0.05) is 6.92 Å². The van der Waals surface area contributed by atoms with Gasteiger partial charge in [0.25, 0.3) is 0 Å². The number of rotatable bonds is 7. The number of aliphatic carboxylic acids is 1. The highest BCUT2D eigenvalue weighted by Gasteiger charge is 2.15. The van der Waals surface area contributed by atoms with E-state index in [1.54, 1.807) is 30.3 Å². The lowest BCUT2D eigenvalue weighted by Gasteiger charge is -2.04. The van der Waals surface area contributed by atoms with Gasteiger partial charge < -0.3 is 14.7 Å². The number of ether oxygens (including phenoxy) is 1. The summed E-state index contributed by atoms with van der Waals surface area (Å²) in [6, 6.07) is 8.36. The van der Waals surface area contributed by atoms with E-state index in [1.165, 1.54) is 0 Å². The molecule has 0 amide bonds. The van der Waals surface area contributed by atoms with E-state index < -0.39 is 23.4 Å². The zero-order valence-electron chi connectivity index (χ0n) is 10.7. The lowest BCUT2D eigenvalue weighted by Crippen LogP contribution is -2.22. The Labute approximate surface area is 114 Å². The number of oxime groups is 1. The maximum atomic E-state index is 11.5. The highest BCUT2D eigenvalue weighted by molar-refractivity contribution is 6.63. The Morgan fingerprint density at radius 2 is 1.80 bits per heavy atom. The molecular formula is C13H13NO6. The summed E-state index contributed by atoms with van der Waals surface area (Å²) in [5, 5.41) is 11.8. The molecule has 0 saturated carbocycles. The van der Waals surface area contributed by atoms with Crippen molar-refractivity contribution in [2.24, 2.45) is 5.16 Å². The highest BCUT2D eigenvalue weighted by Crippen LogP contribution is 2.00. The second-order valence-electron chi connectivity index (χ2n) is 3.64. The molecule has 1 aromatic rings. The number of hydrogen-bond donors (Lipinski definition) is 1. The Balaban J connectivity index is 2.35. The van der Waals surface area contributed by atoms with Crippen molar-refractivity contribution >= 4 is 23.4 Å². The molecule has 0 atom stereocenters. The summed E-state index contributed by atoms with van der Waals surface area (Å²) in [7, 11) is 0. The molecule has 0 heterocycles. The number of carboxylic acids is 1. The van der Waals surface area contributed by atoms with Crippen LogP contribution in [0.25, 0.3) is 0 Å². The van der Waals surface area contributed by atoms with Crippen molar-refractivity contribution < 1.29 is 29.1 Å². The van der Waals surface area contributed by atoms with Crippen molar-refractivity contribution in [3.8, 4) is 0 Å². The number of Topliss-reactive ketones (excluding diaryl/α,β-unsaturated/α-hetero) is 1. The van der Waals surface area contributed by atoms with Crippen LogP contribution in [0.4, 0.5) is 0 Å². The third-order valence-corrected chi connectivity index (χ3v) is 2.11. The molecule has 0 bridgehead atoms. The molecule has 0 radical (unpaired) electrons. The molecule has 0 unspecified atom stereocenters. The van der Waals surface area contributed by atoms with Crippen molar-refractivity contribution in [1.82, 2.24) is 0 Å². The number of carbonyl (C=O) groups excluding carboxylic acids is 2. The van der Waals surface area contributed by atoms with Gasteiger partial charge in [0.15, 0.2) is 12.4 Å². The van der Waals surface area contributed by atoms with Gasteiger partial charge in [-0.3, -0.25) is 4.79 Å². The molecule has 0 aliphatic carbocycles. The van der Waals surface area contributed by atoms with Crippen molar-refractivity contribution in [3.05, 3.63) is 35.9 Å². The van der Waals surface area contributed by atoms with Crippen LogP contribution in [0.2, 0.25) is 0 Å². The van der Waals surface area contributed by atoms with Crippen LogP contribution in [-0.4, -0.2) is 41.8 Å². The second kappa shape index (κ2) is 7.67. The molecule has 106 valence electrons. The highest BCUT2D eigenvalue weighted by atomic mass is 16.6. The van der Waals surface area contributed by atoms with Crippen LogP contribution in [0, 0.1) is 0 Å². The number of nitrogens with zero attached hydrogens (tertiary/aromatic N) is 1. The second-order valence-corrected chi connectivity index (χ2v) is 3.64. The average Bonchev–Trinajstić information content (AvgIpc) is 2.42. The zero-order valence-corrected chi connectivity index (χ0v) is 10.7. The van der Waals surface area contributed by atoms with Crippen LogP contribution in [0.5, 0.6) is 0 Å². The van der Waals surface area contributed by atoms with E-state index in [0.29, 0.717) is 5.56 Å². The Bertz CT molecular complexity index is 507. The van der Waals surface area contributed by atoms with E-state index in [0.717, 1.165) is 6.92 Å². The van der Waals surface area contributed by atoms with E-state index in [2.05, 4.69) is 9.99 Å². The molecule has 0 fully saturated rings. The van der Waals surface area contributed by atoms with E-state index in [4.69, 9.17) is 9.84 Å². The number of esters is 1. The third-order valence-electron chi connectivity index (χ3n) is 2.11. The predicted molar refractivity (Wildman–Crippen MR) is 68.4 cm³/mol. The Hall–Kier alpha value is -2.70. The first kappa shape index (κ1) is 15.4. The molecule has 20 heavy (non-hydrogen) atoms. The molecule has 0 aliphatic rings. The Morgan fingerprint density at radius 1 is 1.15 bits per heavy atom. The molecule has 7 nitrogen and oxygen atoms in total. The number of carboxylic acid groups (broad SMARTS) is 1. The minimum atomic E-state index is -1.47. The summed E-state index contributed by atoms with van der Waals surface area (Å²) in [4.78, 5) is 37.6. The minimum absolute atomic E-state index is 0.109. The first-order valence-corrected chi connectivity index (χ1v) is 5.68. The topological polar surface area (TPSA) is 102 Å². The standard InChI is InChI=1S/C13H13NO6/c1-9(15)11(12(16)17)14-20-8-7-19-13(18)10-5-3-2-4-6-10/h2-6H,7-8H2,1H3,(H,16,17). The van der Waals surface area contributed by atoms with Crippen molar-refractivity contribution in [2.45, 2.75) is 6.92 Å². The number of benzene rings is 1. The van der Waals surface area contributed by atoms with E-state index >= 15 is 0 Å². The monoisotopic (exact) mass is 279 g/mol. The van der Waals surface area contributed by atoms with E-state index in [9.17, 15) is 14.4 Å². The molecule has 1 rings (SSSR count). The molecule has 1 N–H and O–H groups in total. The predicted octanol–water partition coefficient (Wildman–Crippen LogP) is 0.890. The molecule has 7 heteroatoms. The largest absolute Gasteiger partial charge is 0.476 e. The van der Waals surface area contributed by atoms with Gasteiger partial charge in [0.1, 0.15) is 6.61 Å². The fraction of sp³-hybridized carbons (Fsp3) is 0.231. The quantitative estimate of drug-likeness (QED) is 0.261. The van der Waals surface area contributed by atoms with Gasteiger partial charge in [-0.1, -0.05) is 23.4 Å². The fourth-order valence-electron chi connectivity index (χ4n) is 1.19. The van der Waals surface area contributed by atoms with Gasteiger partial charge in [-0.25, -0.2) is 9.59 Å². The smallest absolute Gasteiger partial charge is 0.361 e. The summed E-state index contributed by atoms with van der Waals surface area (Å²) >= 11 is 0. The van der Waals surface area contributed by atoms with Crippen molar-refractivity contribution in [1.29, 1.82) is 0 Å². The van der Waals surface area contributed by atoms with E-state index in [-0.39, 0.29) is 13.2 Å². The van der Waals surface area contributed by atoms with Crippen molar-refractivity contribution in [2.75, 3.05) is 13.2 Å². The van der Waals surface area contributed by atoms with Crippen LogP contribution >= 0.6 is 0 Å². The van der Waals surface area contributed by atoms with Crippen LogP contribution in [0.1, 0.15) is 17.3 Å². The summed E-state index contributed by atoms with van der Waals surface area (Å²) in [5.41, 5.74) is -0.314. The molecule has 0 aliphatic heterocycles. The van der Waals surface area contributed by atoms with Gasteiger partial charge in [0.05, 0.1) is 5.56 Å². The van der Waals surface area contributed by atoms with Crippen LogP contribution < -0.4 is 0 Å². The SMILES string of the molecule is CC(=O)C(=NOCCOC(=O)c1ccccc1)C(=O)O. The Kier molecular flexibility index (Phi) is 5.89. The number of ketones is 1. The normalized spacial score (nSPS) is 10.8. The fourth-order valence-corrected chi connectivity index (χ4v) is 1.19. The van der Waals surface area contributed by atoms with Gasteiger partial charge in [-0.2, -0.15) is 0 Å².